The topological polar surface area (TPSA) is 97.5 Å². The maximum Gasteiger partial charge on any atom is 0.287 e. The number of aryl methyl sites for hydroxylation is 1. The fourth-order valence-corrected chi connectivity index (χ4v) is 2.57. The third-order valence-electron chi connectivity index (χ3n) is 2.62. The second-order valence-corrected chi connectivity index (χ2v) is 6.73. The van der Waals surface area contributed by atoms with Gasteiger partial charge >= 0.3 is 0 Å². The largest absolute Gasteiger partial charge is 0.366 e. The Balaban J connectivity index is 0.000000231. The Hall–Kier alpha value is -1.96. The Kier molecular flexibility index (Phi) is 7.15. The van der Waals surface area contributed by atoms with Gasteiger partial charge in [0.2, 0.25) is 5.91 Å². The van der Waals surface area contributed by atoms with Gasteiger partial charge in [-0.1, -0.05) is 36.4 Å². The number of nitrogens with two attached hydrogens (primary N) is 1. The van der Waals surface area contributed by atoms with Gasteiger partial charge < -0.3 is 5.73 Å². The minimum atomic E-state index is -4.00. The standard InChI is InChI=1S/C8H8BrNO.C8H8O3S/c1-5-2-3-6(8(10)11)7(9)4-5;9-12(10,11)7-6-8-4-2-1-3-5-8/h2-4H,1H3,(H2,10,11);1-7H,(H,9,10,11). The lowest BCUT2D eigenvalue weighted by Crippen LogP contribution is -2.11. The summed E-state index contributed by atoms with van der Waals surface area (Å²) in [6.45, 7) is 1.95. The van der Waals surface area contributed by atoms with Crippen LogP contribution in [0.3, 0.4) is 0 Å². The van der Waals surface area contributed by atoms with Crippen LogP contribution in [-0.4, -0.2) is 18.9 Å². The molecule has 2 aromatic carbocycles. The second-order valence-electron chi connectivity index (χ2n) is 4.58. The van der Waals surface area contributed by atoms with Gasteiger partial charge in [0.1, 0.15) is 0 Å². The van der Waals surface area contributed by atoms with E-state index in [1.165, 1.54) is 6.08 Å². The molecule has 0 aliphatic rings. The minimum absolute atomic E-state index is 0.406. The molecule has 1 amide bonds. The highest BCUT2D eigenvalue weighted by Gasteiger charge is 2.04. The van der Waals surface area contributed by atoms with E-state index in [-0.39, 0.29) is 0 Å². The predicted molar refractivity (Wildman–Crippen MR) is 94.4 cm³/mol. The number of halogens is 1. The van der Waals surface area contributed by atoms with Gasteiger partial charge in [0.25, 0.3) is 10.1 Å². The molecule has 0 atom stereocenters. The summed E-state index contributed by atoms with van der Waals surface area (Å²) in [6, 6.07) is 14.3. The van der Waals surface area contributed by atoms with Gasteiger partial charge in [-0.25, -0.2) is 0 Å². The number of carbonyl (C=O) groups excluding carboxylic acids is 1. The highest BCUT2D eigenvalue weighted by molar-refractivity contribution is 9.10. The van der Waals surface area contributed by atoms with Gasteiger partial charge in [0, 0.05) is 4.47 Å². The lowest BCUT2D eigenvalue weighted by atomic mass is 10.1. The third-order valence-corrected chi connectivity index (χ3v) is 3.76. The van der Waals surface area contributed by atoms with E-state index >= 15 is 0 Å². The number of hydrogen-bond acceptors (Lipinski definition) is 3. The van der Waals surface area contributed by atoms with E-state index in [9.17, 15) is 13.2 Å². The molecule has 0 spiro atoms. The number of amides is 1. The van der Waals surface area contributed by atoms with Crippen molar-refractivity contribution in [1.82, 2.24) is 0 Å². The van der Waals surface area contributed by atoms with E-state index in [0.29, 0.717) is 5.56 Å². The van der Waals surface area contributed by atoms with Crippen molar-refractivity contribution in [2.24, 2.45) is 5.73 Å². The van der Waals surface area contributed by atoms with Crippen molar-refractivity contribution in [2.45, 2.75) is 6.92 Å². The van der Waals surface area contributed by atoms with Crippen LogP contribution in [-0.2, 0) is 10.1 Å². The first-order valence-corrected chi connectivity index (χ1v) is 8.75. The van der Waals surface area contributed by atoms with Gasteiger partial charge in [0.05, 0.1) is 11.0 Å². The van der Waals surface area contributed by atoms with Gasteiger partial charge in [-0.3, -0.25) is 9.35 Å². The number of hydrogen-bond donors (Lipinski definition) is 2. The Bertz CT molecular complexity index is 802. The monoisotopic (exact) mass is 397 g/mol. The molecule has 0 aromatic heterocycles. The number of carbonyl (C=O) groups is 1. The Morgan fingerprint density at radius 2 is 1.78 bits per heavy atom. The molecule has 0 saturated carbocycles. The van der Waals surface area contributed by atoms with Crippen molar-refractivity contribution < 1.29 is 17.8 Å². The van der Waals surface area contributed by atoms with Crippen LogP contribution in [0.15, 0.2) is 58.4 Å². The van der Waals surface area contributed by atoms with Crippen LogP contribution >= 0.6 is 15.9 Å². The molecule has 0 saturated heterocycles. The maximum atomic E-state index is 10.7. The van der Waals surface area contributed by atoms with Crippen LogP contribution in [0.2, 0.25) is 0 Å². The molecular weight excluding hydrogens is 382 g/mol. The van der Waals surface area contributed by atoms with Crippen LogP contribution in [0, 0.1) is 6.92 Å². The van der Waals surface area contributed by atoms with E-state index in [1.54, 1.807) is 30.3 Å². The zero-order valence-electron chi connectivity index (χ0n) is 12.3. The molecule has 0 aliphatic carbocycles. The van der Waals surface area contributed by atoms with Crippen molar-refractivity contribution in [3.05, 3.63) is 75.1 Å². The molecule has 0 radical (unpaired) electrons. The summed E-state index contributed by atoms with van der Waals surface area (Å²) in [7, 11) is -4.00. The summed E-state index contributed by atoms with van der Waals surface area (Å²) >= 11 is 3.25. The van der Waals surface area contributed by atoms with Gasteiger partial charge in [-0.2, -0.15) is 8.42 Å². The molecule has 0 bridgehead atoms. The van der Waals surface area contributed by atoms with Crippen molar-refractivity contribution in [1.29, 1.82) is 0 Å². The van der Waals surface area contributed by atoms with Crippen molar-refractivity contribution in [2.75, 3.05) is 0 Å². The zero-order chi connectivity index (χ0) is 17.5. The van der Waals surface area contributed by atoms with Crippen LogP contribution in [0.25, 0.3) is 6.08 Å². The van der Waals surface area contributed by atoms with E-state index in [0.717, 1.165) is 21.0 Å². The molecule has 5 nitrogen and oxygen atoms in total. The third kappa shape index (κ3) is 7.73. The van der Waals surface area contributed by atoms with Gasteiger partial charge in [-0.05, 0) is 52.2 Å². The molecule has 2 rings (SSSR count). The smallest absolute Gasteiger partial charge is 0.287 e. The SMILES string of the molecule is Cc1ccc(C(N)=O)c(Br)c1.O=S(=O)(O)C=Cc1ccccc1. The molecule has 0 heterocycles. The molecule has 122 valence electrons. The summed E-state index contributed by atoms with van der Waals surface area (Å²) in [5.74, 6) is -0.406. The number of primary amides is 1. The Labute approximate surface area is 143 Å². The minimum Gasteiger partial charge on any atom is -0.366 e. The van der Waals surface area contributed by atoms with Crippen LogP contribution in [0.5, 0.6) is 0 Å². The van der Waals surface area contributed by atoms with E-state index in [4.69, 9.17) is 10.3 Å². The lowest BCUT2D eigenvalue weighted by Gasteiger charge is -1.99. The van der Waals surface area contributed by atoms with E-state index in [2.05, 4.69) is 15.9 Å². The van der Waals surface area contributed by atoms with Crippen LogP contribution in [0.1, 0.15) is 21.5 Å². The average Bonchev–Trinajstić information content (AvgIpc) is 2.46. The van der Waals surface area contributed by atoms with Gasteiger partial charge in [-0.15, -0.1) is 0 Å². The lowest BCUT2D eigenvalue weighted by molar-refractivity contribution is 0.0999. The number of benzene rings is 2. The first kappa shape index (κ1) is 19.1. The Morgan fingerprint density at radius 3 is 2.26 bits per heavy atom. The molecule has 0 aliphatic heterocycles. The summed E-state index contributed by atoms with van der Waals surface area (Å²) < 4.78 is 29.7. The molecule has 2 aromatic rings. The van der Waals surface area contributed by atoms with Crippen LogP contribution < -0.4 is 5.73 Å². The summed E-state index contributed by atoms with van der Waals surface area (Å²) in [4.78, 5) is 10.7. The second kappa shape index (κ2) is 8.61. The zero-order valence-corrected chi connectivity index (χ0v) is 14.7. The van der Waals surface area contributed by atoms with E-state index < -0.39 is 16.0 Å². The molecular formula is C16H16BrNO4S. The maximum absolute atomic E-state index is 10.7. The fraction of sp³-hybridized carbons (Fsp3) is 0.0625. The average molecular weight is 398 g/mol. The molecule has 23 heavy (non-hydrogen) atoms. The van der Waals surface area contributed by atoms with E-state index in [1.807, 2.05) is 25.1 Å². The fourth-order valence-electron chi connectivity index (χ4n) is 1.55. The Morgan fingerprint density at radius 1 is 1.17 bits per heavy atom. The molecule has 0 fully saturated rings. The molecule has 0 unspecified atom stereocenters. The van der Waals surface area contributed by atoms with Crippen molar-refractivity contribution in [3.63, 3.8) is 0 Å². The van der Waals surface area contributed by atoms with Gasteiger partial charge in [0.15, 0.2) is 0 Å². The molecule has 3 N–H and O–H groups in total. The summed E-state index contributed by atoms with van der Waals surface area (Å²) in [5, 5.41) is 0.752. The normalized spacial score (nSPS) is 10.9. The van der Waals surface area contributed by atoms with Crippen LogP contribution in [0.4, 0.5) is 0 Å². The predicted octanol–water partition coefficient (Wildman–Crippen LogP) is 3.40. The van der Waals surface area contributed by atoms with Crippen molar-refractivity contribution in [3.8, 4) is 0 Å². The highest BCUT2D eigenvalue weighted by Crippen LogP contribution is 2.17. The first-order chi connectivity index (χ1) is 10.7. The quantitative estimate of drug-likeness (QED) is 0.775. The highest BCUT2D eigenvalue weighted by atomic mass is 79.9. The summed E-state index contributed by atoms with van der Waals surface area (Å²) in [5.41, 5.74) is 7.45. The summed E-state index contributed by atoms with van der Waals surface area (Å²) in [6.07, 6.45) is 1.33. The molecule has 7 heteroatoms. The van der Waals surface area contributed by atoms with Crippen molar-refractivity contribution >= 4 is 38.0 Å². The number of rotatable bonds is 3. The first-order valence-electron chi connectivity index (χ1n) is 6.45.